The van der Waals surface area contributed by atoms with Crippen LogP contribution in [-0.4, -0.2) is 16.9 Å². The highest BCUT2D eigenvalue weighted by Gasteiger charge is 2.49. The Balaban J connectivity index is 1.70. The molecule has 1 aromatic rings. The van der Waals surface area contributed by atoms with Crippen LogP contribution in [0.3, 0.4) is 0 Å². The number of nitrogens with two attached hydrogens (primary N) is 1. The first-order chi connectivity index (χ1) is 10.8. The van der Waals surface area contributed by atoms with Crippen molar-refractivity contribution in [1.29, 1.82) is 0 Å². The normalized spacial score (nSPS) is 31.3. The molecule has 1 heterocycles. The number of rotatable bonds is 4. The Morgan fingerprint density at radius 1 is 1.48 bits per heavy atom. The summed E-state index contributed by atoms with van der Waals surface area (Å²) in [6, 6.07) is -0.622. The summed E-state index contributed by atoms with van der Waals surface area (Å²) in [4.78, 5) is 16.2. The van der Waals surface area contributed by atoms with Gasteiger partial charge in [-0.3, -0.25) is 4.79 Å². The van der Waals surface area contributed by atoms with E-state index in [9.17, 15) is 18.0 Å². The molecular formula is C15H20F3N3OS. The van der Waals surface area contributed by atoms with Gasteiger partial charge in [0.05, 0.1) is 12.0 Å². The van der Waals surface area contributed by atoms with E-state index in [1.165, 1.54) is 0 Å². The van der Waals surface area contributed by atoms with Gasteiger partial charge in [0.1, 0.15) is 5.01 Å². The van der Waals surface area contributed by atoms with Gasteiger partial charge in [-0.2, -0.15) is 13.2 Å². The van der Waals surface area contributed by atoms with Crippen molar-refractivity contribution < 1.29 is 18.0 Å². The van der Waals surface area contributed by atoms with E-state index in [-0.39, 0.29) is 17.9 Å². The van der Waals surface area contributed by atoms with Crippen LogP contribution in [0.1, 0.15) is 49.4 Å². The maximum atomic E-state index is 12.7. The van der Waals surface area contributed by atoms with Crippen LogP contribution in [0.2, 0.25) is 0 Å². The Morgan fingerprint density at radius 3 is 2.70 bits per heavy atom. The van der Waals surface area contributed by atoms with Gasteiger partial charge in [0.25, 0.3) is 0 Å². The summed E-state index contributed by atoms with van der Waals surface area (Å²) in [7, 11) is 0. The molecule has 23 heavy (non-hydrogen) atoms. The van der Waals surface area contributed by atoms with Crippen LogP contribution in [0.25, 0.3) is 0 Å². The lowest BCUT2D eigenvalue weighted by molar-refractivity contribution is -0.140. The molecule has 8 heteroatoms. The van der Waals surface area contributed by atoms with Gasteiger partial charge in [0.15, 0.2) is 5.69 Å². The predicted molar refractivity (Wildman–Crippen MR) is 80.6 cm³/mol. The van der Waals surface area contributed by atoms with Gasteiger partial charge in [-0.1, -0.05) is 6.92 Å². The van der Waals surface area contributed by atoms with E-state index < -0.39 is 17.9 Å². The average Bonchev–Trinajstić information content (AvgIpc) is 3.18. The number of nitrogens with one attached hydrogen (secondary N) is 1. The molecule has 0 aromatic carbocycles. The molecule has 0 radical (unpaired) electrons. The molecule has 4 nitrogen and oxygen atoms in total. The number of carbonyl (C=O) groups excluding carboxylic acids is 1. The molecular weight excluding hydrogens is 327 g/mol. The topological polar surface area (TPSA) is 68.0 Å². The molecule has 5 unspecified atom stereocenters. The largest absolute Gasteiger partial charge is 0.434 e. The molecule has 2 saturated carbocycles. The summed E-state index contributed by atoms with van der Waals surface area (Å²) in [5, 5.41) is 4.16. The summed E-state index contributed by atoms with van der Waals surface area (Å²) in [6.45, 7) is 1.82. The van der Waals surface area contributed by atoms with Crippen LogP contribution < -0.4 is 11.1 Å². The third kappa shape index (κ3) is 3.10. The van der Waals surface area contributed by atoms with Gasteiger partial charge in [0, 0.05) is 11.4 Å². The van der Waals surface area contributed by atoms with E-state index in [0.29, 0.717) is 23.3 Å². The van der Waals surface area contributed by atoms with Gasteiger partial charge in [-0.05, 0) is 37.5 Å². The molecule has 5 atom stereocenters. The molecule has 1 aromatic heterocycles. The fraction of sp³-hybridized carbons (Fsp3) is 0.733. The maximum absolute atomic E-state index is 12.7. The lowest BCUT2D eigenvalue weighted by Crippen LogP contribution is -2.46. The second kappa shape index (κ2) is 6.05. The van der Waals surface area contributed by atoms with Crippen molar-refractivity contribution in [3.8, 4) is 0 Å². The van der Waals surface area contributed by atoms with Crippen LogP contribution in [0.4, 0.5) is 13.2 Å². The summed E-state index contributed by atoms with van der Waals surface area (Å²) in [5.74, 6) is 0.368. The van der Waals surface area contributed by atoms with Gasteiger partial charge in [0.2, 0.25) is 5.91 Å². The Bertz CT molecular complexity index is 587. The van der Waals surface area contributed by atoms with Gasteiger partial charge in [-0.25, -0.2) is 4.98 Å². The summed E-state index contributed by atoms with van der Waals surface area (Å²) in [5.41, 5.74) is 5.26. The van der Waals surface area contributed by atoms with Crippen LogP contribution in [-0.2, 0) is 11.0 Å². The molecule has 3 N–H and O–H groups in total. The molecule has 128 valence electrons. The van der Waals surface area contributed by atoms with Gasteiger partial charge in [-0.15, -0.1) is 11.3 Å². The number of carbonyl (C=O) groups is 1. The number of alkyl halides is 3. The number of fused-ring (bicyclic) bond motifs is 2. The first kappa shape index (κ1) is 16.7. The van der Waals surface area contributed by atoms with Crippen molar-refractivity contribution in [1.82, 2.24) is 10.3 Å². The van der Waals surface area contributed by atoms with Gasteiger partial charge < -0.3 is 11.1 Å². The number of aromatic nitrogens is 1. The van der Waals surface area contributed by atoms with Crippen LogP contribution in [0.15, 0.2) is 5.38 Å². The predicted octanol–water partition coefficient (Wildman–Crippen LogP) is 3.10. The van der Waals surface area contributed by atoms with E-state index in [0.717, 1.165) is 36.0 Å². The van der Waals surface area contributed by atoms with E-state index >= 15 is 0 Å². The first-order valence-electron chi connectivity index (χ1n) is 7.89. The molecule has 3 rings (SSSR count). The van der Waals surface area contributed by atoms with Crippen molar-refractivity contribution in [3.63, 3.8) is 0 Å². The Kier molecular flexibility index (Phi) is 4.39. The number of nitrogens with zero attached hydrogens (tertiary/aromatic N) is 1. The molecule has 0 aliphatic heterocycles. The number of hydrogen-bond acceptors (Lipinski definition) is 4. The summed E-state index contributed by atoms with van der Waals surface area (Å²) < 4.78 is 38.0. The second-order valence-electron chi connectivity index (χ2n) is 6.47. The fourth-order valence-corrected chi connectivity index (χ4v) is 4.87. The molecule has 1 amide bonds. The standard InChI is InChI=1S/C15H20F3N3OS/c1-2-9(14-21-10(6-23-14)15(16,17)18)20-13(22)11-7-3-4-8(5-7)12(11)19/h6-9,11-12H,2-5,19H2,1H3,(H,20,22). The SMILES string of the molecule is CCC(NC(=O)C1C2CCC(C2)C1N)c1nc(C(F)(F)F)cs1. The van der Waals surface area contributed by atoms with E-state index in [1.807, 2.05) is 6.92 Å². The molecule has 2 aliphatic carbocycles. The Labute approximate surface area is 136 Å². The van der Waals surface area contributed by atoms with E-state index in [1.54, 1.807) is 0 Å². The summed E-state index contributed by atoms with van der Waals surface area (Å²) in [6.07, 6.45) is -0.876. The van der Waals surface area contributed by atoms with Crippen LogP contribution >= 0.6 is 11.3 Å². The van der Waals surface area contributed by atoms with Gasteiger partial charge >= 0.3 is 6.18 Å². The van der Waals surface area contributed by atoms with Crippen molar-refractivity contribution in [2.45, 2.75) is 50.9 Å². The minimum Gasteiger partial charge on any atom is -0.347 e. The number of thiazole rings is 1. The first-order valence-corrected chi connectivity index (χ1v) is 8.77. The number of amides is 1. The highest BCUT2D eigenvalue weighted by atomic mass is 32.1. The highest BCUT2D eigenvalue weighted by molar-refractivity contribution is 7.09. The molecule has 0 spiro atoms. The number of hydrogen-bond donors (Lipinski definition) is 2. The fourth-order valence-electron chi connectivity index (χ4n) is 3.91. The van der Waals surface area contributed by atoms with Crippen molar-refractivity contribution >= 4 is 17.2 Å². The van der Waals surface area contributed by atoms with Crippen molar-refractivity contribution in [3.05, 3.63) is 16.1 Å². The zero-order valence-corrected chi connectivity index (χ0v) is 13.6. The minimum absolute atomic E-state index is 0.131. The van der Waals surface area contributed by atoms with Crippen LogP contribution in [0, 0.1) is 17.8 Å². The van der Waals surface area contributed by atoms with Crippen molar-refractivity contribution in [2.24, 2.45) is 23.5 Å². The lowest BCUT2D eigenvalue weighted by Gasteiger charge is -2.28. The zero-order chi connectivity index (χ0) is 16.8. The second-order valence-corrected chi connectivity index (χ2v) is 7.36. The monoisotopic (exact) mass is 347 g/mol. The molecule has 2 fully saturated rings. The molecule has 2 bridgehead atoms. The molecule has 0 saturated heterocycles. The quantitative estimate of drug-likeness (QED) is 0.879. The van der Waals surface area contributed by atoms with E-state index in [4.69, 9.17) is 5.73 Å². The Hall–Kier alpha value is -1.15. The maximum Gasteiger partial charge on any atom is 0.434 e. The van der Waals surface area contributed by atoms with Crippen molar-refractivity contribution in [2.75, 3.05) is 0 Å². The molecule has 2 aliphatic rings. The van der Waals surface area contributed by atoms with Crippen LogP contribution in [0.5, 0.6) is 0 Å². The highest BCUT2D eigenvalue weighted by Crippen LogP contribution is 2.47. The van der Waals surface area contributed by atoms with E-state index in [2.05, 4.69) is 10.3 Å². The minimum atomic E-state index is -4.45. The summed E-state index contributed by atoms with van der Waals surface area (Å²) >= 11 is 0.933. The third-order valence-corrected chi connectivity index (χ3v) is 6.08. The number of halogens is 3. The zero-order valence-electron chi connectivity index (χ0n) is 12.8. The third-order valence-electron chi connectivity index (χ3n) is 5.12. The Morgan fingerprint density at radius 2 is 2.17 bits per heavy atom. The average molecular weight is 347 g/mol. The smallest absolute Gasteiger partial charge is 0.347 e. The lowest BCUT2D eigenvalue weighted by atomic mass is 9.84.